The maximum absolute atomic E-state index is 12.9. The minimum atomic E-state index is -0.655. The van der Waals surface area contributed by atoms with Crippen LogP contribution in [0.2, 0.25) is 0 Å². The van der Waals surface area contributed by atoms with Gasteiger partial charge in [0.2, 0.25) is 0 Å². The van der Waals surface area contributed by atoms with Gasteiger partial charge in [-0.1, -0.05) is 12.1 Å². The topological polar surface area (TPSA) is 123 Å². The van der Waals surface area contributed by atoms with E-state index in [2.05, 4.69) is 16.0 Å². The summed E-state index contributed by atoms with van der Waals surface area (Å²) in [6.07, 6.45) is 0. The Balaban J connectivity index is 1.88. The fourth-order valence-electron chi connectivity index (χ4n) is 2.91. The first-order valence-corrected chi connectivity index (χ1v) is 8.37. The second-order valence-corrected chi connectivity index (χ2v) is 6.10. The molecule has 9 nitrogen and oxygen atoms in total. The molecule has 0 aromatic heterocycles. The number of nitro groups is 1. The van der Waals surface area contributed by atoms with Crippen LogP contribution >= 0.6 is 0 Å². The van der Waals surface area contributed by atoms with Crippen molar-refractivity contribution in [3.05, 3.63) is 75.5 Å². The molecule has 1 aliphatic rings. The Labute approximate surface area is 160 Å². The highest BCUT2D eigenvalue weighted by atomic mass is 16.6. The van der Waals surface area contributed by atoms with Gasteiger partial charge in [-0.15, -0.1) is 0 Å². The Bertz CT molecular complexity index is 951. The van der Waals surface area contributed by atoms with E-state index in [0.29, 0.717) is 28.3 Å². The molecule has 1 heterocycles. The summed E-state index contributed by atoms with van der Waals surface area (Å²) in [4.78, 5) is 35.1. The number of anilines is 1. The number of hydrogen-bond acceptors (Lipinski definition) is 5. The third kappa shape index (κ3) is 3.93. The van der Waals surface area contributed by atoms with Crippen molar-refractivity contribution >= 4 is 23.3 Å². The van der Waals surface area contributed by atoms with E-state index in [9.17, 15) is 19.7 Å². The van der Waals surface area contributed by atoms with Gasteiger partial charge in [0.25, 0.3) is 11.6 Å². The lowest BCUT2D eigenvalue weighted by molar-refractivity contribution is -0.384. The van der Waals surface area contributed by atoms with Crippen LogP contribution in [0.1, 0.15) is 18.5 Å². The number of rotatable bonds is 5. The number of methoxy groups -OCH3 is 1. The standard InChI is InChI=1S/C19H18N4O5/c1-11-16(18(24)21-13-5-7-14(8-6-13)23(26)27)17(22-19(25)20-11)12-3-9-15(28-2)10-4-12/h3-10,17H,1-2H3,(H,21,24)(H2,20,22,25). The summed E-state index contributed by atoms with van der Waals surface area (Å²) in [5.74, 6) is 0.223. The summed E-state index contributed by atoms with van der Waals surface area (Å²) in [5.41, 5.74) is 1.80. The predicted molar refractivity (Wildman–Crippen MR) is 102 cm³/mol. The van der Waals surface area contributed by atoms with Crippen molar-refractivity contribution in [3.8, 4) is 5.75 Å². The summed E-state index contributed by atoms with van der Waals surface area (Å²) in [6.45, 7) is 1.64. The van der Waals surface area contributed by atoms with Gasteiger partial charge in [-0.2, -0.15) is 0 Å². The van der Waals surface area contributed by atoms with E-state index in [1.54, 1.807) is 38.3 Å². The molecular formula is C19H18N4O5. The Morgan fingerprint density at radius 1 is 1.14 bits per heavy atom. The van der Waals surface area contributed by atoms with Crippen LogP contribution in [0.4, 0.5) is 16.2 Å². The number of nitrogens with one attached hydrogen (secondary N) is 3. The molecule has 1 aliphatic heterocycles. The number of nitro benzene ring substituents is 1. The second-order valence-electron chi connectivity index (χ2n) is 6.10. The summed E-state index contributed by atoms with van der Waals surface area (Å²) in [5, 5.41) is 18.8. The molecule has 0 aliphatic carbocycles. The van der Waals surface area contributed by atoms with Gasteiger partial charge in [-0.25, -0.2) is 4.79 Å². The van der Waals surface area contributed by atoms with Crippen molar-refractivity contribution in [2.45, 2.75) is 13.0 Å². The number of ether oxygens (including phenoxy) is 1. The molecule has 3 N–H and O–H groups in total. The van der Waals surface area contributed by atoms with Crippen molar-refractivity contribution in [1.29, 1.82) is 0 Å². The van der Waals surface area contributed by atoms with E-state index in [0.717, 1.165) is 0 Å². The number of allylic oxidation sites excluding steroid dienone is 1. The third-order valence-corrected chi connectivity index (χ3v) is 4.30. The molecule has 0 bridgehead atoms. The first kappa shape index (κ1) is 18.9. The molecule has 1 unspecified atom stereocenters. The number of carbonyl (C=O) groups excluding carboxylic acids is 2. The van der Waals surface area contributed by atoms with Crippen LogP contribution in [0.25, 0.3) is 0 Å². The zero-order chi connectivity index (χ0) is 20.3. The number of urea groups is 1. The molecule has 0 saturated heterocycles. The van der Waals surface area contributed by atoms with Crippen LogP contribution in [-0.4, -0.2) is 24.0 Å². The van der Waals surface area contributed by atoms with Crippen LogP contribution in [-0.2, 0) is 4.79 Å². The van der Waals surface area contributed by atoms with Crippen LogP contribution in [0, 0.1) is 10.1 Å². The lowest BCUT2D eigenvalue weighted by Gasteiger charge is -2.28. The highest BCUT2D eigenvalue weighted by Gasteiger charge is 2.31. The molecule has 0 saturated carbocycles. The smallest absolute Gasteiger partial charge is 0.319 e. The van der Waals surface area contributed by atoms with E-state index >= 15 is 0 Å². The van der Waals surface area contributed by atoms with Gasteiger partial charge in [0.15, 0.2) is 0 Å². The SMILES string of the molecule is COc1ccc(C2NC(=O)NC(C)=C2C(=O)Nc2ccc([N+](=O)[O-])cc2)cc1. The lowest BCUT2D eigenvalue weighted by atomic mass is 9.94. The van der Waals surface area contributed by atoms with Gasteiger partial charge in [-0.05, 0) is 36.8 Å². The average molecular weight is 382 g/mol. The van der Waals surface area contributed by atoms with Crippen molar-refractivity contribution in [2.75, 3.05) is 12.4 Å². The van der Waals surface area contributed by atoms with Gasteiger partial charge >= 0.3 is 6.03 Å². The Kier molecular flexibility index (Phi) is 5.25. The van der Waals surface area contributed by atoms with Gasteiger partial charge in [0, 0.05) is 23.5 Å². The van der Waals surface area contributed by atoms with Crippen LogP contribution in [0.5, 0.6) is 5.75 Å². The first-order valence-electron chi connectivity index (χ1n) is 8.37. The summed E-state index contributed by atoms with van der Waals surface area (Å²) >= 11 is 0. The van der Waals surface area contributed by atoms with Crippen LogP contribution in [0.15, 0.2) is 59.8 Å². The minimum absolute atomic E-state index is 0.0731. The van der Waals surface area contributed by atoms with Gasteiger partial charge in [0.05, 0.1) is 23.6 Å². The quantitative estimate of drug-likeness (QED) is 0.542. The maximum atomic E-state index is 12.9. The molecule has 0 radical (unpaired) electrons. The first-order chi connectivity index (χ1) is 13.4. The molecule has 0 spiro atoms. The largest absolute Gasteiger partial charge is 0.497 e. The van der Waals surface area contributed by atoms with Gasteiger partial charge in [0.1, 0.15) is 5.75 Å². The number of benzene rings is 2. The minimum Gasteiger partial charge on any atom is -0.497 e. The predicted octanol–water partition coefficient (Wildman–Crippen LogP) is 2.87. The Morgan fingerprint density at radius 2 is 1.79 bits per heavy atom. The molecule has 9 heteroatoms. The van der Waals surface area contributed by atoms with E-state index in [1.165, 1.54) is 24.3 Å². The van der Waals surface area contributed by atoms with E-state index in [-0.39, 0.29) is 5.69 Å². The van der Waals surface area contributed by atoms with E-state index in [1.807, 2.05) is 0 Å². The molecule has 2 aromatic rings. The zero-order valence-corrected chi connectivity index (χ0v) is 15.2. The van der Waals surface area contributed by atoms with Crippen LogP contribution in [0.3, 0.4) is 0 Å². The summed E-state index contributed by atoms with van der Waals surface area (Å²) in [7, 11) is 1.55. The number of nitrogens with zero attached hydrogens (tertiary/aromatic N) is 1. The molecule has 28 heavy (non-hydrogen) atoms. The van der Waals surface area contributed by atoms with Crippen molar-refractivity contribution < 1.29 is 19.2 Å². The van der Waals surface area contributed by atoms with Crippen molar-refractivity contribution in [1.82, 2.24) is 10.6 Å². The number of carbonyl (C=O) groups is 2. The third-order valence-electron chi connectivity index (χ3n) is 4.30. The summed E-state index contributed by atoms with van der Waals surface area (Å²) < 4.78 is 5.14. The monoisotopic (exact) mass is 382 g/mol. The fourth-order valence-corrected chi connectivity index (χ4v) is 2.91. The highest BCUT2D eigenvalue weighted by molar-refractivity contribution is 6.06. The van der Waals surface area contributed by atoms with E-state index < -0.39 is 22.9 Å². The highest BCUT2D eigenvalue weighted by Crippen LogP contribution is 2.29. The van der Waals surface area contributed by atoms with Gasteiger partial charge < -0.3 is 20.7 Å². The lowest BCUT2D eigenvalue weighted by Crippen LogP contribution is -2.45. The second kappa shape index (κ2) is 7.78. The number of amides is 3. The van der Waals surface area contributed by atoms with E-state index in [4.69, 9.17) is 4.74 Å². The number of hydrogen-bond donors (Lipinski definition) is 3. The van der Waals surface area contributed by atoms with Crippen molar-refractivity contribution in [3.63, 3.8) is 0 Å². The molecular weight excluding hydrogens is 364 g/mol. The molecule has 3 rings (SSSR count). The Morgan fingerprint density at radius 3 is 2.36 bits per heavy atom. The Hall–Kier alpha value is -3.88. The maximum Gasteiger partial charge on any atom is 0.319 e. The summed E-state index contributed by atoms with van der Waals surface area (Å²) in [6, 6.07) is 11.4. The molecule has 1 atom stereocenters. The molecule has 2 aromatic carbocycles. The van der Waals surface area contributed by atoms with Crippen molar-refractivity contribution in [2.24, 2.45) is 0 Å². The number of non-ortho nitro benzene ring substituents is 1. The zero-order valence-electron chi connectivity index (χ0n) is 15.2. The molecule has 3 amide bonds. The average Bonchev–Trinajstić information content (AvgIpc) is 2.67. The van der Waals surface area contributed by atoms with Gasteiger partial charge in [-0.3, -0.25) is 14.9 Å². The van der Waals surface area contributed by atoms with Crippen LogP contribution < -0.4 is 20.7 Å². The normalized spacial score (nSPS) is 16.1. The molecule has 0 fully saturated rings. The fraction of sp³-hybridized carbons (Fsp3) is 0.158. The molecule has 144 valence electrons.